The van der Waals surface area contributed by atoms with E-state index in [1.165, 1.54) is 0 Å². The molecule has 5 heteroatoms. The van der Waals surface area contributed by atoms with Gasteiger partial charge in [0.15, 0.2) is 0 Å². The van der Waals surface area contributed by atoms with Crippen molar-refractivity contribution in [3.8, 4) is 0 Å². The van der Waals surface area contributed by atoms with E-state index >= 15 is 0 Å². The Morgan fingerprint density at radius 2 is 2.23 bits per heavy atom. The van der Waals surface area contributed by atoms with Crippen LogP contribution in [-0.4, -0.2) is 28.2 Å². The van der Waals surface area contributed by atoms with Crippen molar-refractivity contribution >= 4 is 31.2 Å². The van der Waals surface area contributed by atoms with Crippen LogP contribution in [-0.2, 0) is 4.79 Å². The first kappa shape index (κ1) is 13.1. The summed E-state index contributed by atoms with van der Waals surface area (Å²) in [5.74, 6) is -0.580. The normalized spacial score (nSPS) is 15.3. The molecule has 0 heterocycles. The number of carboxylic acids is 1. The van der Waals surface area contributed by atoms with Gasteiger partial charge in [0.2, 0.25) is 0 Å². The van der Waals surface area contributed by atoms with Crippen LogP contribution in [0.2, 0.25) is 0 Å². The molecule has 2 atom stereocenters. The van der Waals surface area contributed by atoms with Gasteiger partial charge in [0.25, 0.3) is 0 Å². The molecule has 3 nitrogen and oxygen atoms in total. The van der Waals surface area contributed by atoms with E-state index in [1.807, 2.05) is 0 Å². The highest BCUT2D eigenvalue weighted by molar-refractivity contribution is 7.81. The third kappa shape index (κ3) is 6.23. The maximum absolute atomic E-state index is 10.6. The van der Waals surface area contributed by atoms with Gasteiger partial charge in [-0.2, -0.15) is 25.3 Å². The summed E-state index contributed by atoms with van der Waals surface area (Å²) in [6.45, 7) is 2.09. The summed E-state index contributed by atoms with van der Waals surface area (Å²) in [6, 6.07) is -0.595. The molecule has 78 valence electrons. The van der Waals surface area contributed by atoms with Gasteiger partial charge >= 0.3 is 5.97 Å². The molecule has 0 aromatic rings. The Morgan fingerprint density at radius 3 is 2.62 bits per heavy atom. The molecule has 0 saturated carbocycles. The van der Waals surface area contributed by atoms with Crippen LogP contribution in [0.4, 0.5) is 0 Å². The van der Waals surface area contributed by atoms with Crippen molar-refractivity contribution in [3.63, 3.8) is 0 Å². The number of hydrogen-bond acceptors (Lipinski definition) is 4. The summed E-state index contributed by atoms with van der Waals surface area (Å²) in [5, 5.41) is 11.5. The van der Waals surface area contributed by atoms with Crippen molar-refractivity contribution in [2.45, 2.75) is 37.6 Å². The molecule has 0 fully saturated rings. The van der Waals surface area contributed by atoms with E-state index in [1.54, 1.807) is 0 Å². The van der Waals surface area contributed by atoms with Gasteiger partial charge in [-0.25, -0.2) is 0 Å². The first-order chi connectivity index (χ1) is 6.11. The fraction of sp³-hybridized carbons (Fsp3) is 0.875. The summed E-state index contributed by atoms with van der Waals surface area (Å²) < 4.78 is 0. The topological polar surface area (TPSA) is 49.3 Å². The fourth-order valence-electron chi connectivity index (χ4n) is 0.915. The molecule has 0 aliphatic heterocycles. The second kappa shape index (κ2) is 7.53. The number of hydrogen-bond donors (Lipinski definition) is 4. The van der Waals surface area contributed by atoms with E-state index in [0.717, 1.165) is 19.3 Å². The molecule has 0 rings (SSSR count). The molecule has 13 heavy (non-hydrogen) atoms. The van der Waals surface area contributed by atoms with Crippen LogP contribution in [0.15, 0.2) is 0 Å². The Balaban J connectivity index is 3.73. The second-order valence-electron chi connectivity index (χ2n) is 2.90. The largest absolute Gasteiger partial charge is 0.480 e. The van der Waals surface area contributed by atoms with Gasteiger partial charge in [0, 0.05) is 5.75 Å². The lowest BCUT2D eigenvalue weighted by Crippen LogP contribution is -2.42. The van der Waals surface area contributed by atoms with Crippen LogP contribution >= 0.6 is 25.3 Å². The van der Waals surface area contributed by atoms with Crippen molar-refractivity contribution in [1.82, 2.24) is 5.32 Å². The van der Waals surface area contributed by atoms with Crippen molar-refractivity contribution in [3.05, 3.63) is 0 Å². The highest BCUT2D eigenvalue weighted by Gasteiger charge is 2.17. The Bertz CT molecular complexity index is 155. The van der Waals surface area contributed by atoms with Gasteiger partial charge in [0.05, 0.1) is 5.37 Å². The van der Waals surface area contributed by atoms with E-state index in [0.29, 0.717) is 5.75 Å². The van der Waals surface area contributed by atoms with Gasteiger partial charge < -0.3 is 5.11 Å². The predicted molar refractivity (Wildman–Crippen MR) is 60.7 cm³/mol. The summed E-state index contributed by atoms with van der Waals surface area (Å²) in [5.41, 5.74) is 0. The van der Waals surface area contributed by atoms with E-state index in [-0.39, 0.29) is 5.37 Å². The number of aliphatic carboxylic acids is 1. The monoisotopic (exact) mass is 223 g/mol. The molecule has 0 bridgehead atoms. The first-order valence-electron chi connectivity index (χ1n) is 4.39. The first-order valence-corrected chi connectivity index (χ1v) is 5.54. The lowest BCUT2D eigenvalue weighted by molar-refractivity contribution is -0.138. The van der Waals surface area contributed by atoms with Crippen LogP contribution < -0.4 is 5.32 Å². The standard InChI is InChI=1S/C8H17NO2S2/c1-2-3-4-7(13)9-6(5-12)8(10)11/h6-7,9,12-13H,2-5H2,1H3,(H,10,11). The average molecular weight is 223 g/mol. The molecule has 0 aromatic carbocycles. The van der Waals surface area contributed by atoms with Gasteiger partial charge in [-0.1, -0.05) is 19.8 Å². The zero-order valence-electron chi connectivity index (χ0n) is 7.73. The number of unbranched alkanes of at least 4 members (excludes halogenated alkanes) is 1. The van der Waals surface area contributed by atoms with Crippen LogP contribution in [0, 0.1) is 0 Å². The van der Waals surface area contributed by atoms with Crippen molar-refractivity contribution in [1.29, 1.82) is 0 Å². The number of carboxylic acid groups (broad SMARTS) is 1. The lowest BCUT2D eigenvalue weighted by atomic mass is 10.2. The van der Waals surface area contributed by atoms with E-state index in [9.17, 15) is 4.79 Å². The Hall–Kier alpha value is 0.130. The molecule has 0 aliphatic carbocycles. The number of rotatable bonds is 7. The molecule has 2 unspecified atom stereocenters. The average Bonchev–Trinajstić information content (AvgIpc) is 2.10. The minimum absolute atomic E-state index is 0.0480. The quantitative estimate of drug-likeness (QED) is 0.390. The maximum atomic E-state index is 10.6. The van der Waals surface area contributed by atoms with Crippen molar-refractivity contribution in [2.24, 2.45) is 0 Å². The lowest BCUT2D eigenvalue weighted by Gasteiger charge is -2.17. The fourth-order valence-corrected chi connectivity index (χ4v) is 1.54. The third-order valence-corrected chi connectivity index (χ3v) is 2.48. The molecule has 0 spiro atoms. The zero-order valence-corrected chi connectivity index (χ0v) is 9.52. The summed E-state index contributed by atoms with van der Waals surface area (Å²) in [7, 11) is 0. The SMILES string of the molecule is CCCCC(S)NC(CS)C(=O)O. The molecular weight excluding hydrogens is 206 g/mol. The molecular formula is C8H17NO2S2. The Kier molecular flexibility index (Phi) is 7.60. The molecule has 0 radical (unpaired) electrons. The van der Waals surface area contributed by atoms with E-state index < -0.39 is 12.0 Å². The van der Waals surface area contributed by atoms with Gasteiger partial charge in [-0.3, -0.25) is 10.1 Å². The molecule has 0 amide bonds. The van der Waals surface area contributed by atoms with Crippen molar-refractivity contribution < 1.29 is 9.90 Å². The van der Waals surface area contributed by atoms with Crippen LogP contribution in [0.3, 0.4) is 0 Å². The van der Waals surface area contributed by atoms with Gasteiger partial charge in [-0.15, -0.1) is 0 Å². The minimum Gasteiger partial charge on any atom is -0.480 e. The van der Waals surface area contributed by atoms with Gasteiger partial charge in [0.1, 0.15) is 6.04 Å². The van der Waals surface area contributed by atoms with E-state index in [4.69, 9.17) is 5.11 Å². The predicted octanol–water partition coefficient (Wildman–Crippen LogP) is 1.41. The minimum atomic E-state index is -0.870. The maximum Gasteiger partial charge on any atom is 0.321 e. The molecule has 0 aliphatic rings. The molecule has 0 saturated heterocycles. The summed E-state index contributed by atoms with van der Waals surface area (Å²) in [6.07, 6.45) is 3.04. The van der Waals surface area contributed by atoms with Crippen LogP contribution in [0.5, 0.6) is 0 Å². The summed E-state index contributed by atoms with van der Waals surface area (Å²) in [4.78, 5) is 10.6. The molecule has 0 aromatic heterocycles. The number of thiol groups is 2. The number of nitrogens with one attached hydrogen (secondary N) is 1. The highest BCUT2D eigenvalue weighted by Crippen LogP contribution is 2.05. The smallest absolute Gasteiger partial charge is 0.321 e. The summed E-state index contributed by atoms with van der Waals surface area (Å²) >= 11 is 8.19. The zero-order chi connectivity index (χ0) is 10.3. The Labute approximate surface area is 90.1 Å². The van der Waals surface area contributed by atoms with Crippen LogP contribution in [0.1, 0.15) is 26.2 Å². The molecule has 2 N–H and O–H groups in total. The third-order valence-electron chi connectivity index (χ3n) is 1.71. The van der Waals surface area contributed by atoms with Crippen molar-refractivity contribution in [2.75, 3.05) is 5.75 Å². The van der Waals surface area contributed by atoms with E-state index in [2.05, 4.69) is 37.5 Å². The number of carbonyl (C=O) groups is 1. The van der Waals surface area contributed by atoms with Crippen LogP contribution in [0.25, 0.3) is 0 Å². The van der Waals surface area contributed by atoms with Gasteiger partial charge in [-0.05, 0) is 6.42 Å². The highest BCUT2D eigenvalue weighted by atomic mass is 32.1. The second-order valence-corrected chi connectivity index (χ2v) is 3.89. The Morgan fingerprint density at radius 1 is 1.62 bits per heavy atom.